The van der Waals surface area contributed by atoms with E-state index in [0.29, 0.717) is 18.7 Å². The number of hydrogen-bond donors (Lipinski definition) is 0. The van der Waals surface area contributed by atoms with Crippen LogP contribution in [0.2, 0.25) is 0 Å². The van der Waals surface area contributed by atoms with Gasteiger partial charge in [-0.2, -0.15) is 17.5 Å². The zero-order chi connectivity index (χ0) is 22.1. The molecule has 2 aliphatic heterocycles. The van der Waals surface area contributed by atoms with Crippen molar-refractivity contribution >= 4 is 10.0 Å². The molecule has 0 N–H and O–H groups in total. The smallest absolute Gasteiger partial charge is 0.303 e. The Bertz CT molecular complexity index is 989. The predicted molar refractivity (Wildman–Crippen MR) is 113 cm³/mol. The van der Waals surface area contributed by atoms with Gasteiger partial charge in [0.1, 0.15) is 0 Å². The zero-order valence-corrected chi connectivity index (χ0v) is 18.1. The highest BCUT2D eigenvalue weighted by Gasteiger charge is 2.41. The highest BCUT2D eigenvalue weighted by Crippen LogP contribution is 2.39. The fourth-order valence-corrected chi connectivity index (χ4v) is 6.30. The van der Waals surface area contributed by atoms with E-state index in [0.717, 1.165) is 32.0 Å². The van der Waals surface area contributed by atoms with Crippen molar-refractivity contribution < 1.29 is 21.6 Å². The number of halogens is 3. The largest absolute Gasteiger partial charge is 0.416 e. The summed E-state index contributed by atoms with van der Waals surface area (Å²) in [5, 5.41) is 0. The third-order valence-electron chi connectivity index (χ3n) is 6.37. The Morgan fingerprint density at radius 2 is 1.61 bits per heavy atom. The molecule has 0 spiro atoms. The summed E-state index contributed by atoms with van der Waals surface area (Å²) in [5.74, 6) is -0.331. The van der Waals surface area contributed by atoms with Crippen molar-refractivity contribution in [1.82, 2.24) is 9.21 Å². The van der Waals surface area contributed by atoms with E-state index in [1.54, 1.807) is 36.4 Å². The molecule has 2 atom stereocenters. The number of piperidine rings is 1. The number of benzene rings is 2. The van der Waals surface area contributed by atoms with Gasteiger partial charge in [0, 0.05) is 25.6 Å². The van der Waals surface area contributed by atoms with Gasteiger partial charge >= 0.3 is 6.18 Å². The highest BCUT2D eigenvalue weighted by atomic mass is 32.2. The molecule has 31 heavy (non-hydrogen) atoms. The van der Waals surface area contributed by atoms with E-state index in [4.69, 9.17) is 0 Å². The molecule has 0 radical (unpaired) electrons. The van der Waals surface area contributed by atoms with Crippen LogP contribution in [0.3, 0.4) is 0 Å². The summed E-state index contributed by atoms with van der Waals surface area (Å²) in [6.07, 6.45) is -1.03. The third-order valence-corrected chi connectivity index (χ3v) is 8.22. The van der Waals surface area contributed by atoms with Crippen LogP contribution < -0.4 is 0 Å². The van der Waals surface area contributed by atoms with E-state index in [1.165, 1.54) is 22.9 Å². The first-order valence-corrected chi connectivity index (χ1v) is 12.1. The topological polar surface area (TPSA) is 40.6 Å². The molecule has 0 saturated carbocycles. The Morgan fingerprint density at radius 3 is 2.29 bits per heavy atom. The van der Waals surface area contributed by atoms with E-state index in [-0.39, 0.29) is 23.3 Å². The van der Waals surface area contributed by atoms with E-state index in [9.17, 15) is 21.6 Å². The first-order chi connectivity index (χ1) is 14.7. The van der Waals surface area contributed by atoms with Gasteiger partial charge in [-0.15, -0.1) is 0 Å². The predicted octanol–water partition coefficient (Wildman–Crippen LogP) is 4.60. The number of rotatable bonds is 5. The van der Waals surface area contributed by atoms with Gasteiger partial charge in [-0.25, -0.2) is 8.42 Å². The van der Waals surface area contributed by atoms with Crippen molar-refractivity contribution in [2.45, 2.75) is 36.3 Å². The van der Waals surface area contributed by atoms with Gasteiger partial charge < -0.3 is 4.90 Å². The van der Waals surface area contributed by atoms with E-state index >= 15 is 0 Å². The number of nitrogens with zero attached hydrogens (tertiary/aromatic N) is 2. The summed E-state index contributed by atoms with van der Waals surface area (Å²) in [4.78, 5) is 2.55. The lowest BCUT2D eigenvalue weighted by Gasteiger charge is -2.31. The van der Waals surface area contributed by atoms with Gasteiger partial charge in [0.05, 0.1) is 10.5 Å². The molecule has 0 aliphatic carbocycles. The lowest BCUT2D eigenvalue weighted by Crippen LogP contribution is -2.36. The molecule has 2 aromatic carbocycles. The molecule has 0 bridgehead atoms. The van der Waals surface area contributed by atoms with Gasteiger partial charge in [0.2, 0.25) is 10.0 Å². The highest BCUT2D eigenvalue weighted by molar-refractivity contribution is 7.89. The van der Waals surface area contributed by atoms with Crippen LogP contribution >= 0.6 is 0 Å². The Labute approximate surface area is 181 Å². The van der Waals surface area contributed by atoms with Crippen molar-refractivity contribution in [1.29, 1.82) is 0 Å². The third kappa shape index (κ3) is 4.96. The fraction of sp³-hybridized carbons (Fsp3) is 0.478. The minimum absolute atomic E-state index is 0.0555. The Morgan fingerprint density at radius 1 is 0.903 bits per heavy atom. The first kappa shape index (κ1) is 22.3. The monoisotopic (exact) mass is 452 g/mol. The van der Waals surface area contributed by atoms with Crippen molar-refractivity contribution in [2.75, 3.05) is 32.7 Å². The molecule has 4 rings (SSSR count). The normalized spacial score (nSPS) is 23.8. The van der Waals surface area contributed by atoms with Crippen molar-refractivity contribution in [3.63, 3.8) is 0 Å². The maximum Gasteiger partial charge on any atom is 0.416 e. The van der Waals surface area contributed by atoms with E-state index in [1.807, 2.05) is 0 Å². The lowest BCUT2D eigenvalue weighted by atomic mass is 9.87. The van der Waals surface area contributed by atoms with Crippen LogP contribution in [0.25, 0.3) is 0 Å². The van der Waals surface area contributed by atoms with Crippen molar-refractivity contribution in [2.24, 2.45) is 5.92 Å². The Hall–Kier alpha value is -1.90. The molecule has 0 amide bonds. The molecular formula is C23H27F3N2O2S. The quantitative estimate of drug-likeness (QED) is 0.666. The van der Waals surface area contributed by atoms with Crippen LogP contribution in [0.1, 0.15) is 36.3 Å². The minimum Gasteiger partial charge on any atom is -0.303 e. The molecular weight excluding hydrogens is 425 g/mol. The number of likely N-dealkylation sites (tertiary alicyclic amines) is 1. The number of sulfonamides is 1. The van der Waals surface area contributed by atoms with Crippen LogP contribution in [-0.4, -0.2) is 50.3 Å². The summed E-state index contributed by atoms with van der Waals surface area (Å²) in [5.41, 5.74) is -0.131. The van der Waals surface area contributed by atoms with Gasteiger partial charge in [-0.3, -0.25) is 0 Å². The lowest BCUT2D eigenvalue weighted by molar-refractivity contribution is -0.137. The molecule has 2 aliphatic rings. The molecule has 8 heteroatoms. The molecule has 4 nitrogen and oxygen atoms in total. The second-order valence-electron chi connectivity index (χ2n) is 8.49. The molecule has 2 aromatic rings. The summed E-state index contributed by atoms with van der Waals surface area (Å²) < 4.78 is 67.8. The summed E-state index contributed by atoms with van der Waals surface area (Å²) in [7, 11) is -3.70. The Balaban J connectivity index is 1.64. The van der Waals surface area contributed by atoms with Crippen molar-refractivity contribution in [3.8, 4) is 0 Å². The van der Waals surface area contributed by atoms with Gasteiger partial charge in [0.15, 0.2) is 0 Å². The molecule has 2 saturated heterocycles. The summed E-state index contributed by atoms with van der Waals surface area (Å²) in [6, 6.07) is 13.6. The van der Waals surface area contributed by atoms with Crippen LogP contribution in [0.15, 0.2) is 59.5 Å². The van der Waals surface area contributed by atoms with Gasteiger partial charge in [-0.05, 0) is 55.6 Å². The SMILES string of the molecule is O=S(=O)(c1ccccc1)N1C[C@H](CN2CCCCC2)[C@@H](c2cccc(C(F)(F)F)c2)C1. The van der Waals surface area contributed by atoms with Crippen LogP contribution in [0.5, 0.6) is 0 Å². The average Bonchev–Trinajstić information content (AvgIpc) is 3.19. The van der Waals surface area contributed by atoms with Gasteiger partial charge in [-0.1, -0.05) is 42.8 Å². The molecule has 2 heterocycles. The number of hydrogen-bond acceptors (Lipinski definition) is 3. The second-order valence-corrected chi connectivity index (χ2v) is 10.4. The maximum atomic E-state index is 13.3. The van der Waals surface area contributed by atoms with Crippen LogP contribution in [0.4, 0.5) is 13.2 Å². The molecule has 2 fully saturated rings. The van der Waals surface area contributed by atoms with Crippen LogP contribution in [-0.2, 0) is 16.2 Å². The van der Waals surface area contributed by atoms with Crippen LogP contribution in [0, 0.1) is 5.92 Å². The van der Waals surface area contributed by atoms with Crippen molar-refractivity contribution in [3.05, 3.63) is 65.7 Å². The molecule has 0 unspecified atom stereocenters. The zero-order valence-electron chi connectivity index (χ0n) is 17.3. The summed E-state index contributed by atoms with van der Waals surface area (Å²) in [6.45, 7) is 3.11. The standard InChI is InChI=1S/C23H27F3N2O2S/c24-23(25,26)20-9-7-8-18(14-20)22-17-28(31(29,30)21-10-3-1-4-11-21)16-19(22)15-27-12-5-2-6-13-27/h1,3-4,7-11,14,19,22H,2,5-6,12-13,15-17H2/t19-,22+/m0/s1. The fourth-order valence-electron chi connectivity index (χ4n) is 4.75. The van der Waals surface area contributed by atoms with E-state index < -0.39 is 21.8 Å². The molecule has 0 aromatic heterocycles. The number of alkyl halides is 3. The maximum absolute atomic E-state index is 13.3. The minimum atomic E-state index is -4.42. The Kier molecular flexibility index (Phi) is 6.42. The molecule has 168 valence electrons. The average molecular weight is 453 g/mol. The summed E-state index contributed by atoms with van der Waals surface area (Å²) >= 11 is 0. The van der Waals surface area contributed by atoms with E-state index in [2.05, 4.69) is 4.90 Å². The second kappa shape index (κ2) is 8.92. The first-order valence-electron chi connectivity index (χ1n) is 10.7. The van der Waals surface area contributed by atoms with Gasteiger partial charge in [0.25, 0.3) is 0 Å².